The van der Waals surface area contributed by atoms with Crippen molar-refractivity contribution >= 4 is 38.8 Å². The van der Waals surface area contributed by atoms with E-state index in [0.717, 1.165) is 20.9 Å². The standard InChI is InChI=1S/C10H11ClN2S/c1-6(2)13-9-7(11)3-4-8-10(9)12-5-14-8/h3-6,13H,1-2H3. The van der Waals surface area contributed by atoms with Crippen LogP contribution in [0.1, 0.15) is 13.8 Å². The molecule has 1 heterocycles. The molecule has 0 saturated heterocycles. The van der Waals surface area contributed by atoms with Crippen molar-refractivity contribution in [2.24, 2.45) is 0 Å². The molecule has 1 N–H and O–H groups in total. The van der Waals surface area contributed by atoms with Gasteiger partial charge in [-0.05, 0) is 26.0 Å². The summed E-state index contributed by atoms with van der Waals surface area (Å²) in [6.45, 7) is 4.17. The smallest absolute Gasteiger partial charge is 0.106 e. The number of nitrogens with one attached hydrogen (secondary N) is 1. The first-order valence-electron chi connectivity index (χ1n) is 4.46. The van der Waals surface area contributed by atoms with E-state index in [2.05, 4.69) is 24.1 Å². The molecule has 0 amide bonds. The molecule has 1 aromatic heterocycles. The Labute approximate surface area is 91.9 Å². The zero-order valence-electron chi connectivity index (χ0n) is 8.04. The van der Waals surface area contributed by atoms with Crippen LogP contribution in [0.3, 0.4) is 0 Å². The molecule has 2 nitrogen and oxygen atoms in total. The number of nitrogens with zero attached hydrogens (tertiary/aromatic N) is 1. The fourth-order valence-corrected chi connectivity index (χ4v) is 2.22. The fourth-order valence-electron chi connectivity index (χ4n) is 1.33. The highest BCUT2D eigenvalue weighted by Crippen LogP contribution is 2.32. The molecule has 0 aliphatic rings. The van der Waals surface area contributed by atoms with Crippen molar-refractivity contribution in [3.05, 3.63) is 22.7 Å². The van der Waals surface area contributed by atoms with Crippen molar-refractivity contribution in [1.82, 2.24) is 4.98 Å². The molecule has 0 atom stereocenters. The Kier molecular flexibility index (Phi) is 2.61. The molecule has 1 aromatic carbocycles. The van der Waals surface area contributed by atoms with Crippen LogP contribution >= 0.6 is 22.9 Å². The second-order valence-electron chi connectivity index (χ2n) is 3.42. The average Bonchev–Trinajstić information content (AvgIpc) is 2.57. The number of fused-ring (bicyclic) bond motifs is 1. The normalized spacial score (nSPS) is 11.1. The van der Waals surface area contributed by atoms with Gasteiger partial charge in [-0.25, -0.2) is 4.98 Å². The number of hydrogen-bond donors (Lipinski definition) is 1. The molecular weight excluding hydrogens is 216 g/mol. The van der Waals surface area contributed by atoms with E-state index < -0.39 is 0 Å². The lowest BCUT2D eigenvalue weighted by Gasteiger charge is -2.11. The maximum atomic E-state index is 6.11. The molecular formula is C10H11ClN2S. The Morgan fingerprint density at radius 2 is 2.21 bits per heavy atom. The van der Waals surface area contributed by atoms with Gasteiger partial charge in [0, 0.05) is 6.04 Å². The third-order valence-electron chi connectivity index (χ3n) is 1.88. The zero-order chi connectivity index (χ0) is 10.1. The molecule has 0 saturated carbocycles. The number of hydrogen-bond acceptors (Lipinski definition) is 3. The third kappa shape index (κ3) is 1.70. The summed E-state index contributed by atoms with van der Waals surface area (Å²) in [7, 11) is 0. The van der Waals surface area contributed by atoms with Crippen LogP contribution in [0.15, 0.2) is 17.6 Å². The first kappa shape index (κ1) is 9.74. The van der Waals surface area contributed by atoms with Gasteiger partial charge in [0.2, 0.25) is 0 Å². The first-order chi connectivity index (χ1) is 6.68. The SMILES string of the molecule is CC(C)Nc1c(Cl)ccc2scnc12. The van der Waals surface area contributed by atoms with Gasteiger partial charge in [0.1, 0.15) is 5.52 Å². The minimum Gasteiger partial charge on any atom is -0.380 e. The second kappa shape index (κ2) is 3.75. The molecule has 0 aliphatic carbocycles. The lowest BCUT2D eigenvalue weighted by Crippen LogP contribution is -2.10. The molecule has 2 rings (SSSR count). The van der Waals surface area contributed by atoms with Gasteiger partial charge in [-0.15, -0.1) is 11.3 Å². The van der Waals surface area contributed by atoms with Crippen molar-refractivity contribution in [3.63, 3.8) is 0 Å². The van der Waals surface area contributed by atoms with E-state index in [1.165, 1.54) is 0 Å². The highest BCUT2D eigenvalue weighted by atomic mass is 35.5. The van der Waals surface area contributed by atoms with E-state index in [0.29, 0.717) is 6.04 Å². The zero-order valence-corrected chi connectivity index (χ0v) is 9.62. The van der Waals surface area contributed by atoms with Crippen LogP contribution in [0.25, 0.3) is 10.2 Å². The van der Waals surface area contributed by atoms with Gasteiger partial charge in [0.25, 0.3) is 0 Å². The third-order valence-corrected chi connectivity index (χ3v) is 2.99. The summed E-state index contributed by atoms with van der Waals surface area (Å²) in [5, 5.41) is 4.05. The van der Waals surface area contributed by atoms with Crippen LogP contribution in [0.4, 0.5) is 5.69 Å². The van der Waals surface area contributed by atoms with Gasteiger partial charge in [0.05, 0.1) is 20.9 Å². The molecule has 4 heteroatoms. The van der Waals surface area contributed by atoms with Crippen LogP contribution in [0.2, 0.25) is 5.02 Å². The topological polar surface area (TPSA) is 24.9 Å². The second-order valence-corrected chi connectivity index (χ2v) is 4.71. The van der Waals surface area contributed by atoms with Gasteiger partial charge in [0.15, 0.2) is 0 Å². The van der Waals surface area contributed by atoms with E-state index in [1.54, 1.807) is 11.3 Å². The van der Waals surface area contributed by atoms with E-state index in [-0.39, 0.29) is 0 Å². The maximum Gasteiger partial charge on any atom is 0.106 e. The molecule has 2 aromatic rings. The summed E-state index contributed by atoms with van der Waals surface area (Å²) in [4.78, 5) is 4.30. The maximum absolute atomic E-state index is 6.11. The van der Waals surface area contributed by atoms with Crippen LogP contribution < -0.4 is 5.32 Å². The van der Waals surface area contributed by atoms with Crippen LogP contribution in [-0.4, -0.2) is 11.0 Å². The predicted octanol–water partition coefficient (Wildman–Crippen LogP) is 3.77. The van der Waals surface area contributed by atoms with Crippen LogP contribution in [0, 0.1) is 0 Å². The van der Waals surface area contributed by atoms with Crippen molar-refractivity contribution < 1.29 is 0 Å². The van der Waals surface area contributed by atoms with E-state index in [1.807, 2.05) is 17.6 Å². The van der Waals surface area contributed by atoms with Crippen molar-refractivity contribution in [1.29, 1.82) is 0 Å². The van der Waals surface area contributed by atoms with Crippen LogP contribution in [-0.2, 0) is 0 Å². The fraction of sp³-hybridized carbons (Fsp3) is 0.300. The van der Waals surface area contributed by atoms with Gasteiger partial charge < -0.3 is 5.32 Å². The quantitative estimate of drug-likeness (QED) is 0.843. The summed E-state index contributed by atoms with van der Waals surface area (Å²) >= 11 is 7.73. The highest BCUT2D eigenvalue weighted by molar-refractivity contribution is 7.16. The summed E-state index contributed by atoms with van der Waals surface area (Å²) in [6.07, 6.45) is 0. The van der Waals surface area contributed by atoms with Gasteiger partial charge in [-0.1, -0.05) is 11.6 Å². The number of anilines is 1. The summed E-state index contributed by atoms with van der Waals surface area (Å²) in [5.41, 5.74) is 3.75. The van der Waals surface area contributed by atoms with Crippen molar-refractivity contribution in [3.8, 4) is 0 Å². The summed E-state index contributed by atoms with van der Waals surface area (Å²) < 4.78 is 1.16. The highest BCUT2D eigenvalue weighted by Gasteiger charge is 2.08. The number of benzene rings is 1. The molecule has 0 radical (unpaired) electrons. The Bertz CT molecular complexity index is 450. The largest absolute Gasteiger partial charge is 0.380 e. The van der Waals surface area contributed by atoms with E-state index >= 15 is 0 Å². The number of thiazole rings is 1. The summed E-state index contributed by atoms with van der Waals surface area (Å²) in [6, 6.07) is 4.27. The lowest BCUT2D eigenvalue weighted by atomic mass is 10.2. The average molecular weight is 227 g/mol. The lowest BCUT2D eigenvalue weighted by molar-refractivity contribution is 0.901. The van der Waals surface area contributed by atoms with Gasteiger partial charge in [-0.3, -0.25) is 0 Å². The summed E-state index contributed by atoms with van der Waals surface area (Å²) in [5.74, 6) is 0. The molecule has 0 fully saturated rings. The monoisotopic (exact) mass is 226 g/mol. The van der Waals surface area contributed by atoms with E-state index in [4.69, 9.17) is 11.6 Å². The molecule has 14 heavy (non-hydrogen) atoms. The molecule has 0 bridgehead atoms. The van der Waals surface area contributed by atoms with Gasteiger partial charge >= 0.3 is 0 Å². The number of aromatic nitrogens is 1. The van der Waals surface area contributed by atoms with Gasteiger partial charge in [-0.2, -0.15) is 0 Å². The first-order valence-corrected chi connectivity index (χ1v) is 5.72. The molecule has 0 spiro atoms. The minimum absolute atomic E-state index is 0.361. The number of halogens is 1. The number of rotatable bonds is 2. The molecule has 74 valence electrons. The molecule has 0 unspecified atom stereocenters. The Hall–Kier alpha value is -0.800. The Morgan fingerprint density at radius 1 is 1.43 bits per heavy atom. The van der Waals surface area contributed by atoms with Crippen molar-refractivity contribution in [2.75, 3.05) is 5.32 Å². The molecule has 0 aliphatic heterocycles. The Balaban J connectivity index is 2.58. The van der Waals surface area contributed by atoms with Crippen molar-refractivity contribution in [2.45, 2.75) is 19.9 Å². The minimum atomic E-state index is 0.361. The van der Waals surface area contributed by atoms with E-state index in [9.17, 15) is 0 Å². The van der Waals surface area contributed by atoms with Crippen LogP contribution in [0.5, 0.6) is 0 Å². The predicted molar refractivity (Wildman–Crippen MR) is 63.4 cm³/mol. The Morgan fingerprint density at radius 3 is 2.93 bits per heavy atom.